The number of aromatic nitrogens is 4. The average molecular weight is 420 g/mol. The number of aliphatic hydroxyl groups is 1. The summed E-state index contributed by atoms with van der Waals surface area (Å²) >= 11 is 0. The van der Waals surface area contributed by atoms with Crippen LogP contribution in [0.1, 0.15) is 32.8 Å². The zero-order valence-electron chi connectivity index (χ0n) is 18.5. The molecule has 1 aliphatic rings. The average Bonchev–Trinajstić information content (AvgIpc) is 3.36. The third-order valence-electron chi connectivity index (χ3n) is 5.53. The standard InChI is InChI=1S/C22H23N5O2.C2H6/c1-22(28)10-11-26(14-22)12-15-6-9-19-24-25-21(27(19)13-15)17-8-7-16-4-3-5-18(29-2)20(16)23-17;1-2/h3-9,13,28H,10-12,14H2,1-2H3;1-2H3. The van der Waals surface area contributed by atoms with Gasteiger partial charge in [0.05, 0.1) is 12.7 Å². The van der Waals surface area contributed by atoms with Gasteiger partial charge in [-0.05, 0) is 37.1 Å². The first kappa shape index (κ1) is 21.2. The Bertz CT molecular complexity index is 1200. The maximum Gasteiger partial charge on any atom is 0.187 e. The van der Waals surface area contributed by atoms with Gasteiger partial charge in [0.25, 0.3) is 0 Å². The van der Waals surface area contributed by atoms with Crippen molar-refractivity contribution in [3.05, 3.63) is 54.2 Å². The molecular formula is C24H29N5O2. The molecule has 0 aliphatic carbocycles. The number of likely N-dealkylation sites (tertiary alicyclic amines) is 1. The Labute approximate surface area is 182 Å². The lowest BCUT2D eigenvalue weighted by Crippen LogP contribution is -2.29. The van der Waals surface area contributed by atoms with Gasteiger partial charge in [0.15, 0.2) is 11.5 Å². The monoisotopic (exact) mass is 419 g/mol. The van der Waals surface area contributed by atoms with Crippen molar-refractivity contribution in [2.24, 2.45) is 0 Å². The number of fused-ring (bicyclic) bond motifs is 2. The van der Waals surface area contributed by atoms with Gasteiger partial charge in [-0.2, -0.15) is 0 Å². The molecule has 3 aromatic heterocycles. The molecule has 1 atom stereocenters. The van der Waals surface area contributed by atoms with E-state index in [4.69, 9.17) is 9.72 Å². The van der Waals surface area contributed by atoms with E-state index in [1.54, 1.807) is 7.11 Å². The van der Waals surface area contributed by atoms with Gasteiger partial charge in [-0.25, -0.2) is 4.98 Å². The summed E-state index contributed by atoms with van der Waals surface area (Å²) in [7, 11) is 1.65. The Kier molecular flexibility index (Phi) is 5.89. The molecule has 0 bridgehead atoms. The summed E-state index contributed by atoms with van der Waals surface area (Å²) in [6.45, 7) is 8.26. The second kappa shape index (κ2) is 8.61. The summed E-state index contributed by atoms with van der Waals surface area (Å²) in [5.41, 5.74) is 2.88. The number of nitrogens with zero attached hydrogens (tertiary/aromatic N) is 5. The normalized spacial score (nSPS) is 18.9. The maximum atomic E-state index is 10.2. The molecule has 4 aromatic rings. The van der Waals surface area contributed by atoms with Crippen molar-refractivity contribution in [1.29, 1.82) is 0 Å². The molecule has 5 rings (SSSR count). The number of ether oxygens (including phenoxy) is 1. The maximum absolute atomic E-state index is 10.2. The van der Waals surface area contributed by atoms with Crippen LogP contribution in [0.25, 0.3) is 28.1 Å². The lowest BCUT2D eigenvalue weighted by atomic mass is 10.1. The lowest BCUT2D eigenvalue weighted by molar-refractivity contribution is 0.0679. The lowest BCUT2D eigenvalue weighted by Gasteiger charge is -2.18. The van der Waals surface area contributed by atoms with E-state index in [1.807, 2.05) is 61.6 Å². The summed E-state index contributed by atoms with van der Waals surface area (Å²) < 4.78 is 7.45. The number of rotatable bonds is 4. The van der Waals surface area contributed by atoms with E-state index < -0.39 is 5.60 Å². The van der Waals surface area contributed by atoms with Crippen LogP contribution in [0.2, 0.25) is 0 Å². The SMILES string of the molecule is CC.COc1cccc2ccc(-c3nnc4ccc(CN5CCC(C)(O)C5)cn34)nc12. The van der Waals surface area contributed by atoms with E-state index in [1.165, 1.54) is 0 Å². The second-order valence-electron chi connectivity index (χ2n) is 7.98. The summed E-state index contributed by atoms with van der Waals surface area (Å²) in [4.78, 5) is 7.07. The minimum Gasteiger partial charge on any atom is -0.494 e. The highest BCUT2D eigenvalue weighted by molar-refractivity contribution is 5.86. The van der Waals surface area contributed by atoms with Crippen molar-refractivity contribution < 1.29 is 9.84 Å². The molecule has 0 saturated carbocycles. The van der Waals surface area contributed by atoms with Gasteiger partial charge in [-0.15, -0.1) is 10.2 Å². The molecule has 1 aromatic carbocycles. The molecule has 0 spiro atoms. The Morgan fingerprint density at radius 2 is 1.94 bits per heavy atom. The number of benzene rings is 1. The van der Waals surface area contributed by atoms with Crippen LogP contribution in [0.15, 0.2) is 48.7 Å². The van der Waals surface area contributed by atoms with Gasteiger partial charge >= 0.3 is 0 Å². The predicted molar refractivity (Wildman–Crippen MR) is 122 cm³/mol. The number of methoxy groups -OCH3 is 1. The zero-order valence-corrected chi connectivity index (χ0v) is 18.5. The second-order valence-corrected chi connectivity index (χ2v) is 7.98. The molecule has 1 saturated heterocycles. The van der Waals surface area contributed by atoms with Gasteiger partial charge in [0.2, 0.25) is 0 Å². The molecule has 1 N–H and O–H groups in total. The summed E-state index contributed by atoms with van der Waals surface area (Å²) in [5.74, 6) is 1.43. The van der Waals surface area contributed by atoms with Gasteiger partial charge < -0.3 is 9.84 Å². The number of para-hydroxylation sites is 1. The fraction of sp³-hybridized carbons (Fsp3) is 0.375. The number of hydrogen-bond donors (Lipinski definition) is 1. The van der Waals surface area contributed by atoms with Crippen molar-refractivity contribution in [1.82, 2.24) is 24.5 Å². The van der Waals surface area contributed by atoms with E-state index >= 15 is 0 Å². The molecule has 1 aliphatic heterocycles. The predicted octanol–water partition coefficient (Wildman–Crippen LogP) is 3.94. The van der Waals surface area contributed by atoms with Crippen LogP contribution in [0.4, 0.5) is 0 Å². The fourth-order valence-corrected chi connectivity index (χ4v) is 4.04. The first-order valence-electron chi connectivity index (χ1n) is 10.7. The third-order valence-corrected chi connectivity index (χ3v) is 5.53. The highest BCUT2D eigenvalue weighted by atomic mass is 16.5. The van der Waals surface area contributed by atoms with Crippen molar-refractivity contribution in [2.45, 2.75) is 39.3 Å². The minimum absolute atomic E-state index is 0.597. The van der Waals surface area contributed by atoms with Gasteiger partial charge in [0.1, 0.15) is 17.0 Å². The van der Waals surface area contributed by atoms with E-state index in [0.717, 1.165) is 53.1 Å². The van der Waals surface area contributed by atoms with Crippen LogP contribution in [0.5, 0.6) is 5.75 Å². The van der Waals surface area contributed by atoms with Crippen LogP contribution in [-0.2, 0) is 6.54 Å². The Balaban J connectivity index is 0.00000112. The first-order chi connectivity index (χ1) is 15.0. The van der Waals surface area contributed by atoms with Gasteiger partial charge in [0, 0.05) is 31.2 Å². The van der Waals surface area contributed by atoms with E-state index in [0.29, 0.717) is 12.4 Å². The van der Waals surface area contributed by atoms with Crippen LogP contribution in [0, 0.1) is 0 Å². The summed E-state index contributed by atoms with van der Waals surface area (Å²) in [6, 6.07) is 13.9. The third kappa shape index (κ3) is 4.24. The molecule has 162 valence electrons. The molecule has 0 amide bonds. The molecular weight excluding hydrogens is 390 g/mol. The van der Waals surface area contributed by atoms with E-state index in [2.05, 4.69) is 27.4 Å². The Morgan fingerprint density at radius 3 is 2.68 bits per heavy atom. The van der Waals surface area contributed by atoms with Crippen LogP contribution in [0.3, 0.4) is 0 Å². The number of hydrogen-bond acceptors (Lipinski definition) is 6. The topological polar surface area (TPSA) is 75.8 Å². The molecule has 31 heavy (non-hydrogen) atoms. The number of β-amino-alcohol motifs (C(OH)–C–C–N with tert-alkyl or cyclic N) is 1. The highest BCUT2D eigenvalue weighted by Gasteiger charge is 2.31. The largest absolute Gasteiger partial charge is 0.494 e. The number of pyridine rings is 2. The van der Waals surface area contributed by atoms with Gasteiger partial charge in [-0.1, -0.05) is 38.1 Å². The van der Waals surface area contributed by atoms with E-state index in [9.17, 15) is 5.11 Å². The van der Waals surface area contributed by atoms with Crippen LogP contribution in [-0.4, -0.2) is 55.4 Å². The van der Waals surface area contributed by atoms with Crippen molar-refractivity contribution in [3.8, 4) is 17.3 Å². The minimum atomic E-state index is -0.597. The smallest absolute Gasteiger partial charge is 0.187 e. The first-order valence-corrected chi connectivity index (χ1v) is 10.7. The molecule has 0 radical (unpaired) electrons. The summed E-state index contributed by atoms with van der Waals surface area (Å²) in [5, 5.41) is 19.9. The van der Waals surface area contributed by atoms with Gasteiger partial charge in [-0.3, -0.25) is 9.30 Å². The molecule has 1 fully saturated rings. The van der Waals surface area contributed by atoms with Crippen LogP contribution >= 0.6 is 0 Å². The van der Waals surface area contributed by atoms with Crippen molar-refractivity contribution >= 4 is 16.6 Å². The summed E-state index contributed by atoms with van der Waals surface area (Å²) in [6.07, 6.45) is 2.86. The quantitative estimate of drug-likeness (QED) is 0.540. The Morgan fingerprint density at radius 1 is 1.10 bits per heavy atom. The van der Waals surface area contributed by atoms with Crippen molar-refractivity contribution in [3.63, 3.8) is 0 Å². The zero-order chi connectivity index (χ0) is 22.0. The highest BCUT2D eigenvalue weighted by Crippen LogP contribution is 2.27. The Hall–Kier alpha value is -3.03. The molecule has 4 heterocycles. The van der Waals surface area contributed by atoms with Crippen LogP contribution < -0.4 is 4.74 Å². The van der Waals surface area contributed by atoms with E-state index in [-0.39, 0.29) is 0 Å². The molecule has 7 nitrogen and oxygen atoms in total. The fourth-order valence-electron chi connectivity index (χ4n) is 4.04. The molecule has 1 unspecified atom stereocenters. The molecule has 7 heteroatoms. The van der Waals surface area contributed by atoms with Crippen molar-refractivity contribution in [2.75, 3.05) is 20.2 Å².